The molecule has 0 aliphatic heterocycles. The second kappa shape index (κ2) is 6.99. The first kappa shape index (κ1) is 15.8. The van der Waals surface area contributed by atoms with Gasteiger partial charge in [0.05, 0.1) is 6.54 Å². The van der Waals surface area contributed by atoms with Gasteiger partial charge in [-0.2, -0.15) is 5.10 Å². The van der Waals surface area contributed by atoms with Gasteiger partial charge in [-0.1, -0.05) is 19.1 Å². The molecule has 23 heavy (non-hydrogen) atoms. The van der Waals surface area contributed by atoms with Crippen LogP contribution in [0, 0.1) is 5.92 Å². The van der Waals surface area contributed by atoms with Crippen LogP contribution in [0.15, 0.2) is 42.7 Å². The van der Waals surface area contributed by atoms with Crippen LogP contribution in [0.1, 0.15) is 48.5 Å². The van der Waals surface area contributed by atoms with Crippen LogP contribution in [-0.4, -0.2) is 33.7 Å². The smallest absolute Gasteiger partial charge is 0.253 e. The quantitative estimate of drug-likeness (QED) is 0.865. The lowest BCUT2D eigenvalue weighted by Gasteiger charge is -2.33. The molecule has 1 aromatic carbocycles. The number of benzene rings is 1. The minimum Gasteiger partial charge on any atom is -0.339 e. The maximum absolute atomic E-state index is 12.7. The molecule has 0 radical (unpaired) electrons. The summed E-state index contributed by atoms with van der Waals surface area (Å²) in [6.07, 6.45) is 8.42. The van der Waals surface area contributed by atoms with E-state index in [1.54, 1.807) is 6.20 Å². The van der Waals surface area contributed by atoms with Crippen molar-refractivity contribution in [3.05, 3.63) is 53.9 Å². The van der Waals surface area contributed by atoms with Crippen molar-refractivity contribution in [1.82, 2.24) is 14.7 Å². The molecular formula is C19H25N3O. The van der Waals surface area contributed by atoms with E-state index in [9.17, 15) is 4.79 Å². The predicted molar refractivity (Wildman–Crippen MR) is 91.3 cm³/mol. The summed E-state index contributed by atoms with van der Waals surface area (Å²) in [6.45, 7) is 3.04. The Balaban J connectivity index is 1.63. The predicted octanol–water partition coefficient (Wildman–Crippen LogP) is 3.58. The van der Waals surface area contributed by atoms with Gasteiger partial charge < -0.3 is 4.90 Å². The third-order valence-electron chi connectivity index (χ3n) is 4.96. The van der Waals surface area contributed by atoms with Crippen LogP contribution in [0.5, 0.6) is 0 Å². The minimum absolute atomic E-state index is 0.134. The fraction of sp³-hybridized carbons (Fsp3) is 0.474. The van der Waals surface area contributed by atoms with Crippen molar-refractivity contribution in [3.8, 4) is 0 Å². The highest BCUT2D eigenvalue weighted by Gasteiger charge is 2.25. The highest BCUT2D eigenvalue weighted by molar-refractivity contribution is 5.94. The van der Waals surface area contributed by atoms with Crippen LogP contribution in [0.3, 0.4) is 0 Å². The summed E-state index contributed by atoms with van der Waals surface area (Å²) < 4.78 is 1.88. The van der Waals surface area contributed by atoms with Crippen molar-refractivity contribution in [3.63, 3.8) is 0 Å². The molecule has 122 valence electrons. The number of carbonyl (C=O) groups excluding carboxylic acids is 1. The zero-order valence-corrected chi connectivity index (χ0v) is 14.0. The molecule has 0 spiro atoms. The summed E-state index contributed by atoms with van der Waals surface area (Å²) in [7, 11) is 1.95. The Hall–Kier alpha value is -2.10. The summed E-state index contributed by atoms with van der Waals surface area (Å²) in [4.78, 5) is 14.6. The second-order valence-electron chi connectivity index (χ2n) is 6.73. The van der Waals surface area contributed by atoms with E-state index in [-0.39, 0.29) is 5.91 Å². The summed E-state index contributed by atoms with van der Waals surface area (Å²) in [5, 5.41) is 4.21. The van der Waals surface area contributed by atoms with E-state index in [4.69, 9.17) is 0 Å². The van der Waals surface area contributed by atoms with E-state index in [0.717, 1.165) is 36.4 Å². The van der Waals surface area contributed by atoms with Gasteiger partial charge in [-0.05, 0) is 55.4 Å². The fourth-order valence-electron chi connectivity index (χ4n) is 3.33. The van der Waals surface area contributed by atoms with E-state index in [1.165, 1.54) is 12.8 Å². The molecule has 1 heterocycles. The lowest BCUT2D eigenvalue weighted by Crippen LogP contribution is -2.39. The Kier molecular flexibility index (Phi) is 4.79. The largest absolute Gasteiger partial charge is 0.339 e. The molecule has 0 bridgehead atoms. The Morgan fingerprint density at radius 1 is 1.22 bits per heavy atom. The highest BCUT2D eigenvalue weighted by Crippen LogP contribution is 2.27. The second-order valence-corrected chi connectivity index (χ2v) is 6.73. The number of aromatic nitrogens is 2. The van der Waals surface area contributed by atoms with Crippen molar-refractivity contribution in [2.45, 2.75) is 45.2 Å². The third-order valence-corrected chi connectivity index (χ3v) is 4.96. The first-order chi connectivity index (χ1) is 11.1. The van der Waals surface area contributed by atoms with E-state index in [2.05, 4.69) is 12.0 Å². The Morgan fingerprint density at radius 3 is 2.52 bits per heavy atom. The van der Waals surface area contributed by atoms with Crippen LogP contribution in [0.25, 0.3) is 0 Å². The van der Waals surface area contributed by atoms with Gasteiger partial charge in [-0.3, -0.25) is 9.48 Å². The monoisotopic (exact) mass is 311 g/mol. The standard InChI is InChI=1S/C19H25N3O/c1-15-4-10-18(11-5-15)21(2)19(23)17-8-6-16(7-9-17)14-22-13-3-12-20-22/h3,6-9,12-13,15,18H,4-5,10-11,14H2,1-2H3. The molecule has 0 atom stereocenters. The molecule has 0 unspecified atom stereocenters. The third kappa shape index (κ3) is 3.81. The average molecular weight is 311 g/mol. The highest BCUT2D eigenvalue weighted by atomic mass is 16.2. The number of hydrogen-bond donors (Lipinski definition) is 0. The van der Waals surface area contributed by atoms with Gasteiger partial charge in [-0.15, -0.1) is 0 Å². The fourth-order valence-corrected chi connectivity index (χ4v) is 3.33. The number of carbonyl (C=O) groups is 1. The van der Waals surface area contributed by atoms with Gasteiger partial charge >= 0.3 is 0 Å². The molecule has 4 heteroatoms. The number of nitrogens with zero attached hydrogens (tertiary/aromatic N) is 3. The molecule has 3 rings (SSSR count). The van der Waals surface area contributed by atoms with E-state index in [0.29, 0.717) is 6.04 Å². The van der Waals surface area contributed by atoms with Crippen molar-refractivity contribution < 1.29 is 4.79 Å². The minimum atomic E-state index is 0.134. The molecule has 0 N–H and O–H groups in total. The van der Waals surface area contributed by atoms with Crippen molar-refractivity contribution in [1.29, 1.82) is 0 Å². The van der Waals surface area contributed by atoms with Crippen LogP contribution in [0.4, 0.5) is 0 Å². The maximum atomic E-state index is 12.7. The average Bonchev–Trinajstić information content (AvgIpc) is 3.08. The summed E-state index contributed by atoms with van der Waals surface area (Å²) in [5.74, 6) is 0.937. The Morgan fingerprint density at radius 2 is 1.91 bits per heavy atom. The first-order valence-electron chi connectivity index (χ1n) is 8.47. The van der Waals surface area contributed by atoms with Gasteiger partial charge in [0.1, 0.15) is 0 Å². The lowest BCUT2D eigenvalue weighted by molar-refractivity contribution is 0.0679. The maximum Gasteiger partial charge on any atom is 0.253 e. The van der Waals surface area contributed by atoms with Crippen LogP contribution in [-0.2, 0) is 6.54 Å². The van der Waals surface area contributed by atoms with E-state index < -0.39 is 0 Å². The number of amides is 1. The van der Waals surface area contributed by atoms with Crippen molar-refractivity contribution in [2.75, 3.05) is 7.05 Å². The molecule has 1 aromatic heterocycles. The Bertz CT molecular complexity index is 625. The van der Waals surface area contributed by atoms with Crippen LogP contribution >= 0.6 is 0 Å². The molecule has 4 nitrogen and oxygen atoms in total. The van der Waals surface area contributed by atoms with Crippen molar-refractivity contribution >= 4 is 5.91 Å². The van der Waals surface area contributed by atoms with Gasteiger partial charge in [0, 0.05) is 31.0 Å². The van der Waals surface area contributed by atoms with Gasteiger partial charge in [0.2, 0.25) is 0 Å². The van der Waals surface area contributed by atoms with Crippen LogP contribution < -0.4 is 0 Å². The van der Waals surface area contributed by atoms with Gasteiger partial charge in [0.25, 0.3) is 5.91 Å². The van der Waals surface area contributed by atoms with Gasteiger partial charge in [-0.25, -0.2) is 0 Å². The number of rotatable bonds is 4. The molecule has 1 aliphatic rings. The molecule has 0 saturated heterocycles. The zero-order valence-electron chi connectivity index (χ0n) is 14.0. The lowest BCUT2D eigenvalue weighted by atomic mass is 9.86. The Labute approximate surface area is 138 Å². The normalized spacial score (nSPS) is 21.1. The zero-order chi connectivity index (χ0) is 16.2. The molecule has 1 amide bonds. The first-order valence-corrected chi connectivity index (χ1v) is 8.47. The summed E-state index contributed by atoms with van der Waals surface area (Å²) >= 11 is 0. The number of hydrogen-bond acceptors (Lipinski definition) is 2. The van der Waals surface area contributed by atoms with E-state index >= 15 is 0 Å². The molecule has 1 aliphatic carbocycles. The molecule has 1 fully saturated rings. The molecule has 1 saturated carbocycles. The summed E-state index contributed by atoms with van der Waals surface area (Å²) in [5.41, 5.74) is 1.93. The van der Waals surface area contributed by atoms with Crippen molar-refractivity contribution in [2.24, 2.45) is 5.92 Å². The SMILES string of the molecule is CC1CCC(N(C)C(=O)c2ccc(Cn3cccn3)cc2)CC1. The summed E-state index contributed by atoms with van der Waals surface area (Å²) in [6, 6.07) is 10.2. The van der Waals surface area contributed by atoms with Crippen LogP contribution in [0.2, 0.25) is 0 Å². The van der Waals surface area contributed by atoms with Gasteiger partial charge in [0.15, 0.2) is 0 Å². The van der Waals surface area contributed by atoms with E-state index in [1.807, 2.05) is 53.2 Å². The molecule has 2 aromatic rings. The topological polar surface area (TPSA) is 38.1 Å². The molecular weight excluding hydrogens is 286 g/mol.